The summed E-state index contributed by atoms with van der Waals surface area (Å²) in [5, 5.41) is 3.31. The predicted molar refractivity (Wildman–Crippen MR) is 123 cm³/mol. The van der Waals surface area contributed by atoms with Gasteiger partial charge in [0.1, 0.15) is 5.25 Å². The molecule has 0 saturated carbocycles. The molecule has 1 unspecified atom stereocenters. The number of rotatable bonds is 7. The summed E-state index contributed by atoms with van der Waals surface area (Å²) in [6, 6.07) is 13.5. The first-order chi connectivity index (χ1) is 14.9. The lowest BCUT2D eigenvalue weighted by atomic mass is 10.2. The van der Waals surface area contributed by atoms with Crippen LogP contribution in [0.3, 0.4) is 0 Å². The molecule has 1 aliphatic heterocycles. The van der Waals surface area contributed by atoms with Crippen molar-refractivity contribution >= 4 is 57.7 Å². The molecule has 0 aliphatic carbocycles. The Labute approximate surface area is 189 Å². The van der Waals surface area contributed by atoms with E-state index < -0.39 is 11.2 Å². The number of aliphatic imine (C=N–C) groups is 1. The standard InChI is InChI=1S/C22H22ClN3O4S/c1-3-26-20(28)18(31-22(26)25-17-7-5-6-15(23)12-17)13-19(27)24-16-10-8-14(9-11-16)21(29)30-4-2/h5-12,18H,3-4,13H2,1-2H3,(H,24,27). The molecule has 1 saturated heterocycles. The van der Waals surface area contributed by atoms with Crippen molar-refractivity contribution < 1.29 is 19.1 Å². The second-order valence-corrected chi connectivity index (χ2v) is 8.22. The predicted octanol–water partition coefficient (Wildman–Crippen LogP) is 4.50. The molecule has 9 heteroatoms. The Bertz CT molecular complexity index is 1010. The highest BCUT2D eigenvalue weighted by Crippen LogP contribution is 2.32. The number of hydrogen-bond acceptors (Lipinski definition) is 6. The molecule has 0 radical (unpaired) electrons. The minimum Gasteiger partial charge on any atom is -0.462 e. The second-order valence-electron chi connectivity index (χ2n) is 6.61. The Kier molecular flexibility index (Phi) is 7.70. The van der Waals surface area contributed by atoms with Gasteiger partial charge in [-0.1, -0.05) is 29.4 Å². The minimum atomic E-state index is -0.559. The molecule has 0 spiro atoms. The van der Waals surface area contributed by atoms with Gasteiger partial charge in [0.2, 0.25) is 11.8 Å². The Hall–Kier alpha value is -2.84. The van der Waals surface area contributed by atoms with Crippen LogP contribution in [0.4, 0.5) is 11.4 Å². The number of amides is 2. The minimum absolute atomic E-state index is 0.00813. The van der Waals surface area contributed by atoms with Crippen LogP contribution in [0.1, 0.15) is 30.6 Å². The number of benzene rings is 2. The zero-order chi connectivity index (χ0) is 22.4. The molecule has 2 aromatic carbocycles. The number of esters is 1. The number of carbonyl (C=O) groups excluding carboxylic acids is 3. The highest BCUT2D eigenvalue weighted by atomic mass is 35.5. The number of hydrogen-bond donors (Lipinski definition) is 1. The van der Waals surface area contributed by atoms with Crippen LogP contribution in [0.5, 0.6) is 0 Å². The van der Waals surface area contributed by atoms with Crippen molar-refractivity contribution in [2.24, 2.45) is 4.99 Å². The summed E-state index contributed by atoms with van der Waals surface area (Å²) in [4.78, 5) is 43.0. The molecule has 1 fully saturated rings. The summed E-state index contributed by atoms with van der Waals surface area (Å²) < 4.78 is 4.94. The van der Waals surface area contributed by atoms with Crippen molar-refractivity contribution in [1.29, 1.82) is 0 Å². The third-order valence-corrected chi connectivity index (χ3v) is 5.83. The fourth-order valence-electron chi connectivity index (χ4n) is 2.96. The fourth-order valence-corrected chi connectivity index (χ4v) is 4.36. The van der Waals surface area contributed by atoms with Crippen molar-refractivity contribution in [2.75, 3.05) is 18.5 Å². The lowest BCUT2D eigenvalue weighted by Crippen LogP contribution is -2.33. The van der Waals surface area contributed by atoms with E-state index in [4.69, 9.17) is 16.3 Å². The smallest absolute Gasteiger partial charge is 0.338 e. The zero-order valence-electron chi connectivity index (χ0n) is 17.1. The van der Waals surface area contributed by atoms with Crippen LogP contribution in [0.15, 0.2) is 53.5 Å². The number of amidine groups is 1. The lowest BCUT2D eigenvalue weighted by molar-refractivity contribution is -0.128. The van der Waals surface area contributed by atoms with Crippen LogP contribution < -0.4 is 5.32 Å². The van der Waals surface area contributed by atoms with Crippen LogP contribution in [0.2, 0.25) is 5.02 Å². The van der Waals surface area contributed by atoms with Gasteiger partial charge in [0, 0.05) is 23.7 Å². The van der Waals surface area contributed by atoms with Gasteiger partial charge in [-0.3, -0.25) is 14.5 Å². The van der Waals surface area contributed by atoms with E-state index in [2.05, 4.69) is 10.3 Å². The summed E-state index contributed by atoms with van der Waals surface area (Å²) in [7, 11) is 0. The summed E-state index contributed by atoms with van der Waals surface area (Å²) in [5.74, 6) is -0.865. The summed E-state index contributed by atoms with van der Waals surface area (Å²) in [5.41, 5.74) is 1.59. The quantitative estimate of drug-likeness (QED) is 0.616. The Morgan fingerprint density at radius 1 is 1.19 bits per heavy atom. The average molecular weight is 460 g/mol. The first-order valence-electron chi connectivity index (χ1n) is 9.80. The molecule has 1 aliphatic rings. The number of nitrogens with zero attached hydrogens (tertiary/aromatic N) is 2. The molecule has 1 atom stereocenters. The summed E-state index contributed by atoms with van der Waals surface area (Å²) >= 11 is 7.28. The van der Waals surface area contributed by atoms with Crippen molar-refractivity contribution in [3.05, 3.63) is 59.1 Å². The SMILES string of the molecule is CCOC(=O)c1ccc(NC(=O)CC2SC(=Nc3cccc(Cl)c3)N(CC)C2=O)cc1. The van der Waals surface area contributed by atoms with E-state index in [1.54, 1.807) is 60.4 Å². The van der Waals surface area contributed by atoms with Crippen LogP contribution in [0.25, 0.3) is 0 Å². The van der Waals surface area contributed by atoms with Crippen molar-refractivity contribution in [3.8, 4) is 0 Å². The largest absolute Gasteiger partial charge is 0.462 e. The number of ether oxygens (including phenoxy) is 1. The van der Waals surface area contributed by atoms with Gasteiger partial charge in [0.05, 0.1) is 17.9 Å². The molecular formula is C22H22ClN3O4S. The molecule has 0 bridgehead atoms. The van der Waals surface area contributed by atoms with Gasteiger partial charge in [-0.05, 0) is 56.3 Å². The Morgan fingerprint density at radius 3 is 2.58 bits per heavy atom. The van der Waals surface area contributed by atoms with Gasteiger partial charge >= 0.3 is 5.97 Å². The maximum Gasteiger partial charge on any atom is 0.338 e. The number of thioether (sulfide) groups is 1. The van der Waals surface area contributed by atoms with Crippen molar-refractivity contribution in [1.82, 2.24) is 4.90 Å². The van der Waals surface area contributed by atoms with Crippen LogP contribution in [-0.2, 0) is 14.3 Å². The van der Waals surface area contributed by atoms with Gasteiger partial charge in [-0.2, -0.15) is 0 Å². The molecule has 31 heavy (non-hydrogen) atoms. The van der Waals surface area contributed by atoms with E-state index >= 15 is 0 Å². The van der Waals surface area contributed by atoms with E-state index in [0.717, 1.165) is 0 Å². The normalized spacial score (nSPS) is 17.1. The highest BCUT2D eigenvalue weighted by Gasteiger charge is 2.38. The maximum atomic E-state index is 12.7. The van der Waals surface area contributed by atoms with E-state index in [1.165, 1.54) is 11.8 Å². The topological polar surface area (TPSA) is 88.1 Å². The van der Waals surface area contributed by atoms with Gasteiger partial charge in [-0.25, -0.2) is 9.79 Å². The van der Waals surface area contributed by atoms with E-state index in [1.807, 2.05) is 6.92 Å². The van der Waals surface area contributed by atoms with Gasteiger partial charge < -0.3 is 10.1 Å². The average Bonchev–Trinajstić information content (AvgIpc) is 3.02. The molecule has 162 valence electrons. The Balaban J connectivity index is 1.64. The van der Waals surface area contributed by atoms with Gasteiger partial charge in [0.15, 0.2) is 5.17 Å². The molecular weight excluding hydrogens is 438 g/mol. The van der Waals surface area contributed by atoms with Gasteiger partial charge in [-0.15, -0.1) is 0 Å². The van der Waals surface area contributed by atoms with Crippen LogP contribution in [-0.4, -0.2) is 46.3 Å². The van der Waals surface area contributed by atoms with E-state index in [0.29, 0.717) is 40.3 Å². The molecule has 7 nitrogen and oxygen atoms in total. The number of halogens is 1. The fraction of sp³-hybridized carbons (Fsp3) is 0.273. The molecule has 0 aromatic heterocycles. The van der Waals surface area contributed by atoms with Crippen molar-refractivity contribution in [3.63, 3.8) is 0 Å². The maximum absolute atomic E-state index is 12.7. The highest BCUT2D eigenvalue weighted by molar-refractivity contribution is 8.15. The van der Waals surface area contributed by atoms with Crippen molar-refractivity contribution in [2.45, 2.75) is 25.5 Å². The zero-order valence-corrected chi connectivity index (χ0v) is 18.7. The number of anilines is 1. The molecule has 1 N–H and O–H groups in total. The monoisotopic (exact) mass is 459 g/mol. The number of carbonyl (C=O) groups is 3. The first kappa shape index (κ1) is 22.8. The Morgan fingerprint density at radius 2 is 1.94 bits per heavy atom. The summed E-state index contributed by atoms with van der Waals surface area (Å²) in [6.45, 7) is 4.35. The third kappa shape index (κ3) is 5.86. The number of nitrogens with one attached hydrogen (secondary N) is 1. The molecule has 2 aromatic rings. The van der Waals surface area contributed by atoms with E-state index in [-0.39, 0.29) is 18.2 Å². The van der Waals surface area contributed by atoms with Crippen LogP contribution in [0, 0.1) is 0 Å². The van der Waals surface area contributed by atoms with E-state index in [9.17, 15) is 14.4 Å². The molecule has 3 rings (SSSR count). The molecule has 1 heterocycles. The van der Waals surface area contributed by atoms with Gasteiger partial charge in [0.25, 0.3) is 0 Å². The molecule has 2 amide bonds. The summed E-state index contributed by atoms with van der Waals surface area (Å²) in [6.07, 6.45) is 0.00813. The second kappa shape index (κ2) is 10.5. The first-order valence-corrected chi connectivity index (χ1v) is 11.1. The lowest BCUT2D eigenvalue weighted by Gasteiger charge is -2.13. The third-order valence-electron chi connectivity index (χ3n) is 4.42. The van der Waals surface area contributed by atoms with Crippen LogP contribution >= 0.6 is 23.4 Å².